The molecule has 192 valence electrons. The Hall–Kier alpha value is -2.47. The van der Waals surface area contributed by atoms with Crippen LogP contribution in [-0.4, -0.2) is 41.5 Å². The van der Waals surface area contributed by atoms with Crippen molar-refractivity contribution < 1.29 is 14.3 Å². The van der Waals surface area contributed by atoms with Crippen molar-refractivity contribution in [2.45, 2.75) is 75.8 Å². The molecule has 1 unspecified atom stereocenters. The lowest BCUT2D eigenvalue weighted by atomic mass is 9.89. The summed E-state index contributed by atoms with van der Waals surface area (Å²) in [4.78, 5) is 26.9. The fourth-order valence-corrected chi connectivity index (χ4v) is 6.30. The normalized spacial score (nSPS) is 14.2. The Morgan fingerprint density at radius 2 is 1.60 bits per heavy atom. The average molecular weight is 499 g/mol. The smallest absolute Gasteiger partial charge is 0.242 e. The van der Waals surface area contributed by atoms with Crippen molar-refractivity contribution in [2.75, 3.05) is 14.2 Å². The zero-order valence-electron chi connectivity index (χ0n) is 22.3. The van der Waals surface area contributed by atoms with E-state index in [2.05, 4.69) is 57.4 Å². The van der Waals surface area contributed by atoms with Gasteiger partial charge < -0.3 is 15.4 Å². The van der Waals surface area contributed by atoms with Gasteiger partial charge in [0.1, 0.15) is 11.8 Å². The number of carbonyl (C=O) groups is 2. The van der Waals surface area contributed by atoms with Gasteiger partial charge in [0, 0.05) is 18.2 Å². The Morgan fingerprint density at radius 1 is 0.971 bits per heavy atom. The number of thioether (sulfide) groups is 1. The standard InChI is InChI=1S/C29H42N2O3S/c1-21(2)20-29(35-28(3,4)5,18-17-22-11-9-8-10-12-22)27(33)31-25(26(32)30-6)19-23-13-15-24(34-7)16-14-23/h8-16,21,25H,17-20H2,1-7H3,(H,30,32)(H,31,33)/t25-,29?/m0/s1. The second-order valence-corrected chi connectivity index (χ2v) is 12.7. The maximum absolute atomic E-state index is 14.1. The number of likely N-dealkylation sites (N-methyl/N-ethyl adjacent to an activating group) is 1. The van der Waals surface area contributed by atoms with E-state index < -0.39 is 10.8 Å². The van der Waals surface area contributed by atoms with E-state index in [4.69, 9.17) is 4.74 Å². The van der Waals surface area contributed by atoms with Crippen molar-refractivity contribution in [3.8, 4) is 5.75 Å². The zero-order chi connectivity index (χ0) is 26.1. The first kappa shape index (κ1) is 28.8. The third-order valence-electron chi connectivity index (χ3n) is 5.78. The number of hydrogen-bond donors (Lipinski definition) is 2. The van der Waals surface area contributed by atoms with Crippen LogP contribution < -0.4 is 15.4 Å². The van der Waals surface area contributed by atoms with Crippen LogP contribution in [0.3, 0.4) is 0 Å². The van der Waals surface area contributed by atoms with E-state index in [1.807, 2.05) is 42.5 Å². The summed E-state index contributed by atoms with van der Waals surface area (Å²) < 4.78 is 4.47. The molecule has 0 saturated heterocycles. The first-order valence-electron chi connectivity index (χ1n) is 12.4. The third kappa shape index (κ3) is 9.25. The van der Waals surface area contributed by atoms with Gasteiger partial charge in [-0.3, -0.25) is 9.59 Å². The number of carbonyl (C=O) groups excluding carboxylic acids is 2. The van der Waals surface area contributed by atoms with E-state index in [0.717, 1.165) is 24.2 Å². The number of benzene rings is 2. The second-order valence-electron chi connectivity index (χ2n) is 10.5. The number of amides is 2. The van der Waals surface area contributed by atoms with Crippen molar-refractivity contribution >= 4 is 23.6 Å². The lowest BCUT2D eigenvalue weighted by Crippen LogP contribution is -2.55. The molecule has 0 aliphatic heterocycles. The first-order valence-corrected chi connectivity index (χ1v) is 13.2. The van der Waals surface area contributed by atoms with Gasteiger partial charge in [-0.05, 0) is 48.4 Å². The van der Waals surface area contributed by atoms with Gasteiger partial charge in [-0.25, -0.2) is 0 Å². The van der Waals surface area contributed by atoms with Crippen LogP contribution in [0.25, 0.3) is 0 Å². The van der Waals surface area contributed by atoms with Gasteiger partial charge in [-0.2, -0.15) is 0 Å². The SMILES string of the molecule is CNC(=O)[C@H](Cc1ccc(OC)cc1)NC(=O)C(CCc1ccccc1)(CC(C)C)SC(C)(C)C. The molecular weight excluding hydrogens is 456 g/mol. The second kappa shape index (κ2) is 13.0. The van der Waals surface area contributed by atoms with Gasteiger partial charge in [0.2, 0.25) is 11.8 Å². The number of nitrogens with one attached hydrogen (secondary N) is 2. The Labute approximate surface area is 215 Å². The monoisotopic (exact) mass is 498 g/mol. The van der Waals surface area contributed by atoms with Crippen LogP contribution in [-0.2, 0) is 22.4 Å². The van der Waals surface area contributed by atoms with Gasteiger partial charge >= 0.3 is 0 Å². The summed E-state index contributed by atoms with van der Waals surface area (Å²) in [6.07, 6.45) is 2.64. The largest absolute Gasteiger partial charge is 0.497 e. The maximum Gasteiger partial charge on any atom is 0.242 e. The van der Waals surface area contributed by atoms with Gasteiger partial charge in [-0.1, -0.05) is 77.1 Å². The van der Waals surface area contributed by atoms with Crippen molar-refractivity contribution in [3.05, 3.63) is 65.7 Å². The predicted molar refractivity (Wildman–Crippen MR) is 147 cm³/mol. The van der Waals surface area contributed by atoms with E-state index in [9.17, 15) is 9.59 Å². The van der Waals surface area contributed by atoms with Crippen molar-refractivity contribution in [3.63, 3.8) is 0 Å². The fraction of sp³-hybridized carbons (Fsp3) is 0.517. The molecule has 0 heterocycles. The van der Waals surface area contributed by atoms with Crippen LogP contribution in [0, 0.1) is 5.92 Å². The number of ether oxygens (including phenoxy) is 1. The summed E-state index contributed by atoms with van der Waals surface area (Å²) in [5.41, 5.74) is 2.17. The Morgan fingerprint density at radius 3 is 2.11 bits per heavy atom. The summed E-state index contributed by atoms with van der Waals surface area (Å²) in [6.45, 7) is 10.8. The topological polar surface area (TPSA) is 67.4 Å². The molecule has 5 nitrogen and oxygen atoms in total. The Bertz CT molecular complexity index is 939. The van der Waals surface area contributed by atoms with E-state index in [0.29, 0.717) is 18.8 Å². The highest BCUT2D eigenvalue weighted by molar-refractivity contribution is 8.02. The number of rotatable bonds is 12. The summed E-state index contributed by atoms with van der Waals surface area (Å²) in [6, 6.07) is 17.2. The highest BCUT2D eigenvalue weighted by Crippen LogP contribution is 2.44. The molecule has 6 heteroatoms. The molecule has 0 bridgehead atoms. The summed E-state index contributed by atoms with van der Waals surface area (Å²) in [5.74, 6) is 0.819. The van der Waals surface area contributed by atoms with Crippen LogP contribution in [0.2, 0.25) is 0 Å². The molecule has 0 aromatic heterocycles. The molecule has 2 aromatic rings. The summed E-state index contributed by atoms with van der Waals surface area (Å²) in [5, 5.41) is 5.87. The number of methoxy groups -OCH3 is 1. The van der Waals surface area contributed by atoms with Gasteiger partial charge in [0.15, 0.2) is 0 Å². The molecule has 2 rings (SSSR count). The van der Waals surface area contributed by atoms with Crippen molar-refractivity contribution in [1.82, 2.24) is 10.6 Å². The summed E-state index contributed by atoms with van der Waals surface area (Å²) >= 11 is 1.72. The molecule has 0 radical (unpaired) electrons. The molecule has 0 saturated carbocycles. The molecule has 0 aliphatic carbocycles. The highest BCUT2D eigenvalue weighted by atomic mass is 32.2. The van der Waals surface area contributed by atoms with E-state index >= 15 is 0 Å². The van der Waals surface area contributed by atoms with E-state index in [-0.39, 0.29) is 16.6 Å². The van der Waals surface area contributed by atoms with Crippen LogP contribution in [0.4, 0.5) is 0 Å². The van der Waals surface area contributed by atoms with Crippen molar-refractivity contribution in [2.24, 2.45) is 5.92 Å². The minimum Gasteiger partial charge on any atom is -0.497 e. The highest BCUT2D eigenvalue weighted by Gasteiger charge is 2.43. The minimum absolute atomic E-state index is 0.0656. The molecule has 35 heavy (non-hydrogen) atoms. The molecule has 0 spiro atoms. The van der Waals surface area contributed by atoms with Gasteiger partial charge in [0.05, 0.1) is 11.9 Å². The number of hydrogen-bond acceptors (Lipinski definition) is 4. The fourth-order valence-electron chi connectivity index (χ4n) is 4.35. The van der Waals surface area contributed by atoms with Crippen LogP contribution >= 0.6 is 11.8 Å². The molecular formula is C29H42N2O3S. The quantitative estimate of drug-likeness (QED) is 0.410. The molecule has 0 fully saturated rings. The van der Waals surface area contributed by atoms with E-state index in [1.54, 1.807) is 25.9 Å². The third-order valence-corrected chi connectivity index (χ3v) is 7.34. The lowest BCUT2D eigenvalue weighted by molar-refractivity contribution is -0.130. The predicted octanol–water partition coefficient (Wildman–Crippen LogP) is 5.42. The molecule has 2 amide bonds. The maximum atomic E-state index is 14.1. The Balaban J connectivity index is 2.35. The molecule has 2 N–H and O–H groups in total. The average Bonchev–Trinajstić information content (AvgIpc) is 2.81. The molecule has 0 aliphatic rings. The molecule has 2 atom stereocenters. The van der Waals surface area contributed by atoms with E-state index in [1.165, 1.54) is 5.56 Å². The zero-order valence-corrected chi connectivity index (χ0v) is 23.1. The van der Waals surface area contributed by atoms with Gasteiger partial charge in [0.25, 0.3) is 0 Å². The molecule has 2 aromatic carbocycles. The minimum atomic E-state index is -0.662. The van der Waals surface area contributed by atoms with Gasteiger partial charge in [-0.15, -0.1) is 11.8 Å². The van der Waals surface area contributed by atoms with Crippen LogP contribution in [0.1, 0.15) is 58.6 Å². The van der Waals surface area contributed by atoms with Crippen LogP contribution in [0.5, 0.6) is 5.75 Å². The van der Waals surface area contributed by atoms with Crippen LogP contribution in [0.15, 0.2) is 54.6 Å². The lowest BCUT2D eigenvalue weighted by Gasteiger charge is -2.39. The van der Waals surface area contributed by atoms with Crippen molar-refractivity contribution in [1.29, 1.82) is 0 Å². The summed E-state index contributed by atoms with van der Waals surface area (Å²) in [7, 11) is 3.23. The number of aryl methyl sites for hydroxylation is 1. The first-order chi connectivity index (χ1) is 16.5. The Kier molecular flexibility index (Phi) is 10.7.